The molecule has 5 N–H and O–H groups in total. The zero-order chi connectivity index (χ0) is 28.3. The zero-order valence-electron chi connectivity index (χ0n) is 22.5. The molecule has 1 aromatic heterocycles. The highest BCUT2D eigenvalue weighted by atomic mass is 16.6. The number of anilines is 3. The number of piperidine rings is 1. The molecule has 41 heavy (non-hydrogen) atoms. The van der Waals surface area contributed by atoms with Crippen LogP contribution in [0.4, 0.5) is 23.0 Å². The number of hydrogen-bond acceptors (Lipinski definition) is 7. The first-order valence-electron chi connectivity index (χ1n) is 13.8. The number of nitrogens with zero attached hydrogens (tertiary/aromatic N) is 3. The topological polar surface area (TPSA) is 142 Å². The summed E-state index contributed by atoms with van der Waals surface area (Å²) in [5, 5.41) is 17.8. The molecule has 6 rings (SSSR count). The first-order valence-corrected chi connectivity index (χ1v) is 13.8. The Morgan fingerprint density at radius 2 is 1.78 bits per heavy atom. The van der Waals surface area contributed by atoms with E-state index in [0.717, 1.165) is 53.5 Å². The van der Waals surface area contributed by atoms with Crippen LogP contribution in [-0.4, -0.2) is 40.4 Å². The fraction of sp³-hybridized carbons (Fsp3) is 0.226. The predicted octanol–water partition coefficient (Wildman–Crippen LogP) is 5.41. The minimum atomic E-state index is -0.458. The number of benzene rings is 3. The Labute approximate surface area is 237 Å². The van der Waals surface area contributed by atoms with Gasteiger partial charge >= 0.3 is 0 Å². The smallest absolute Gasteiger partial charge is 0.270 e. The molecule has 10 nitrogen and oxygen atoms in total. The summed E-state index contributed by atoms with van der Waals surface area (Å²) >= 11 is 0. The number of nitrogens with two attached hydrogens (primary N) is 1. The van der Waals surface area contributed by atoms with Crippen LogP contribution in [-0.2, 0) is 11.2 Å². The average Bonchev–Trinajstić information content (AvgIpc) is 3.62. The minimum Gasteiger partial charge on any atom is -0.354 e. The monoisotopic (exact) mass is 549 g/mol. The van der Waals surface area contributed by atoms with Gasteiger partial charge in [0.05, 0.1) is 21.9 Å². The molecule has 0 spiro atoms. The summed E-state index contributed by atoms with van der Waals surface area (Å²) in [6, 6.07) is 20.1. The van der Waals surface area contributed by atoms with Gasteiger partial charge in [0.25, 0.3) is 11.6 Å². The molecule has 1 amide bonds. The molecule has 3 aromatic carbocycles. The van der Waals surface area contributed by atoms with Gasteiger partial charge in [-0.05, 0) is 61.6 Å². The van der Waals surface area contributed by atoms with Crippen LogP contribution in [0.3, 0.4) is 0 Å². The van der Waals surface area contributed by atoms with E-state index in [1.807, 2.05) is 54.7 Å². The van der Waals surface area contributed by atoms with Crippen LogP contribution in [0, 0.1) is 10.1 Å². The van der Waals surface area contributed by atoms with Crippen LogP contribution in [0.15, 0.2) is 72.9 Å². The number of non-ortho nitro benzene ring substituents is 1. The normalized spacial score (nSPS) is 15.8. The van der Waals surface area contributed by atoms with Gasteiger partial charge in [-0.2, -0.15) is 0 Å². The van der Waals surface area contributed by atoms with E-state index in [0.29, 0.717) is 29.1 Å². The SMILES string of the molecule is NCCc1ccc(C(Nc2ccc(-c3c[nH]c(N4CCCCC4)n3)cc2)=C2C(=O)Nc3ccc([N+](=O)[O-])cc32)cc1. The summed E-state index contributed by atoms with van der Waals surface area (Å²) in [7, 11) is 0. The summed E-state index contributed by atoms with van der Waals surface area (Å²) in [5.41, 5.74) is 12.0. The molecule has 0 aliphatic carbocycles. The van der Waals surface area contributed by atoms with Gasteiger partial charge in [0.1, 0.15) is 0 Å². The third-order valence-corrected chi connectivity index (χ3v) is 7.55. The third kappa shape index (κ3) is 5.42. The Balaban J connectivity index is 1.35. The molecular weight excluding hydrogens is 518 g/mol. The maximum atomic E-state index is 13.2. The summed E-state index contributed by atoms with van der Waals surface area (Å²) in [6.07, 6.45) is 6.29. The fourth-order valence-corrected chi connectivity index (χ4v) is 5.40. The molecule has 0 bridgehead atoms. The van der Waals surface area contributed by atoms with E-state index in [1.165, 1.54) is 31.4 Å². The number of amides is 1. The number of hydrogen-bond donors (Lipinski definition) is 4. The Hall–Kier alpha value is -4.96. The van der Waals surface area contributed by atoms with Crippen molar-refractivity contribution in [1.82, 2.24) is 9.97 Å². The van der Waals surface area contributed by atoms with E-state index in [1.54, 1.807) is 6.07 Å². The van der Waals surface area contributed by atoms with Crippen molar-refractivity contribution < 1.29 is 9.72 Å². The van der Waals surface area contributed by atoms with Crippen LogP contribution in [0.2, 0.25) is 0 Å². The van der Waals surface area contributed by atoms with Crippen molar-refractivity contribution in [2.45, 2.75) is 25.7 Å². The Kier molecular flexibility index (Phi) is 7.22. The fourth-order valence-electron chi connectivity index (χ4n) is 5.40. The van der Waals surface area contributed by atoms with Crippen molar-refractivity contribution in [1.29, 1.82) is 0 Å². The van der Waals surface area contributed by atoms with Crippen molar-refractivity contribution in [3.8, 4) is 11.3 Å². The lowest BCUT2D eigenvalue weighted by molar-refractivity contribution is -0.384. The molecule has 4 aromatic rings. The van der Waals surface area contributed by atoms with E-state index in [-0.39, 0.29) is 11.6 Å². The number of imidazole rings is 1. The highest BCUT2D eigenvalue weighted by molar-refractivity contribution is 6.37. The molecule has 2 aliphatic rings. The molecule has 1 saturated heterocycles. The number of aromatic amines is 1. The lowest BCUT2D eigenvalue weighted by atomic mass is 9.98. The summed E-state index contributed by atoms with van der Waals surface area (Å²) in [4.78, 5) is 34.7. The number of H-pyrrole nitrogens is 1. The molecule has 0 unspecified atom stereocenters. The van der Waals surface area contributed by atoms with E-state index in [2.05, 4.69) is 20.5 Å². The molecule has 208 valence electrons. The lowest BCUT2D eigenvalue weighted by Gasteiger charge is -2.25. The average molecular weight is 550 g/mol. The summed E-state index contributed by atoms with van der Waals surface area (Å²) < 4.78 is 0. The van der Waals surface area contributed by atoms with Gasteiger partial charge in [-0.1, -0.05) is 36.4 Å². The lowest BCUT2D eigenvalue weighted by Crippen LogP contribution is -2.30. The summed E-state index contributed by atoms with van der Waals surface area (Å²) in [6.45, 7) is 2.56. The molecule has 2 aliphatic heterocycles. The number of fused-ring (bicyclic) bond motifs is 1. The number of carbonyl (C=O) groups excluding carboxylic acids is 1. The first-order chi connectivity index (χ1) is 20.0. The minimum absolute atomic E-state index is 0.0809. The van der Waals surface area contributed by atoms with Gasteiger partial charge in [-0.25, -0.2) is 4.98 Å². The van der Waals surface area contributed by atoms with Crippen molar-refractivity contribution >= 4 is 40.2 Å². The maximum Gasteiger partial charge on any atom is 0.270 e. The molecule has 10 heteroatoms. The van der Waals surface area contributed by atoms with Gasteiger partial charge in [0, 0.05) is 53.9 Å². The van der Waals surface area contributed by atoms with Crippen molar-refractivity contribution in [3.05, 3.63) is 99.7 Å². The molecule has 0 radical (unpaired) electrons. The van der Waals surface area contributed by atoms with Crippen LogP contribution in [0.5, 0.6) is 0 Å². The van der Waals surface area contributed by atoms with Crippen LogP contribution in [0.1, 0.15) is 36.0 Å². The zero-order valence-corrected chi connectivity index (χ0v) is 22.5. The van der Waals surface area contributed by atoms with Crippen LogP contribution < -0.4 is 21.3 Å². The molecule has 0 atom stereocenters. The standard InChI is InChI=1S/C31H31N7O3/c32-15-14-20-4-6-22(7-5-20)29(28-25-18-24(38(40)41)12-13-26(25)35-30(28)39)34-23-10-8-21(9-11-23)27-19-33-31(36-27)37-16-2-1-3-17-37/h4-13,18-19,34H,1-3,14-17,32H2,(H,33,36)(H,35,39). The van der Waals surface area contributed by atoms with Crippen molar-refractivity contribution in [2.75, 3.05) is 35.2 Å². The predicted molar refractivity (Wildman–Crippen MR) is 161 cm³/mol. The quantitative estimate of drug-likeness (QED) is 0.131. The Bertz CT molecular complexity index is 1620. The van der Waals surface area contributed by atoms with E-state index in [4.69, 9.17) is 10.7 Å². The van der Waals surface area contributed by atoms with Crippen LogP contribution >= 0.6 is 0 Å². The highest BCUT2D eigenvalue weighted by Gasteiger charge is 2.30. The number of nitro benzene ring substituents is 1. The molecule has 0 saturated carbocycles. The number of rotatable bonds is 8. The number of aromatic nitrogens is 2. The number of nitrogens with one attached hydrogen (secondary N) is 3. The largest absolute Gasteiger partial charge is 0.354 e. The van der Waals surface area contributed by atoms with Crippen molar-refractivity contribution in [3.63, 3.8) is 0 Å². The van der Waals surface area contributed by atoms with E-state index in [9.17, 15) is 14.9 Å². The second-order valence-electron chi connectivity index (χ2n) is 10.3. The van der Waals surface area contributed by atoms with E-state index >= 15 is 0 Å². The van der Waals surface area contributed by atoms with Gasteiger partial charge < -0.3 is 26.3 Å². The van der Waals surface area contributed by atoms with Gasteiger partial charge in [-0.3, -0.25) is 14.9 Å². The molecule has 3 heterocycles. The second kappa shape index (κ2) is 11.3. The second-order valence-corrected chi connectivity index (χ2v) is 10.3. The van der Waals surface area contributed by atoms with Crippen LogP contribution in [0.25, 0.3) is 22.5 Å². The van der Waals surface area contributed by atoms with Gasteiger partial charge in [0.15, 0.2) is 0 Å². The molecular formula is C31H31N7O3. The van der Waals surface area contributed by atoms with Gasteiger partial charge in [-0.15, -0.1) is 0 Å². The summed E-state index contributed by atoms with van der Waals surface area (Å²) in [5.74, 6) is 0.569. The molecule has 1 fully saturated rings. The number of nitro groups is 1. The Morgan fingerprint density at radius 3 is 2.49 bits per heavy atom. The highest BCUT2D eigenvalue weighted by Crippen LogP contribution is 2.39. The Morgan fingerprint density at radius 1 is 1.02 bits per heavy atom. The first kappa shape index (κ1) is 26.3. The van der Waals surface area contributed by atoms with Gasteiger partial charge in [0.2, 0.25) is 5.95 Å². The van der Waals surface area contributed by atoms with E-state index < -0.39 is 4.92 Å². The third-order valence-electron chi connectivity index (χ3n) is 7.55. The maximum absolute atomic E-state index is 13.2. The number of carbonyl (C=O) groups is 1. The van der Waals surface area contributed by atoms with Crippen molar-refractivity contribution in [2.24, 2.45) is 5.73 Å².